The van der Waals surface area contributed by atoms with Crippen molar-refractivity contribution in [3.8, 4) is 0 Å². The fourth-order valence-electron chi connectivity index (χ4n) is 2.60. The van der Waals surface area contributed by atoms with Crippen LogP contribution in [0.15, 0.2) is 24.3 Å². The first-order chi connectivity index (χ1) is 9.74. The largest absolute Gasteiger partial charge is 0.338 e. The van der Waals surface area contributed by atoms with Crippen LogP contribution in [0, 0.1) is 0 Å². The van der Waals surface area contributed by atoms with E-state index in [0.717, 1.165) is 29.9 Å². The number of benzene rings is 1. The van der Waals surface area contributed by atoms with Gasteiger partial charge < -0.3 is 10.2 Å². The zero-order valence-electron chi connectivity index (χ0n) is 12.4. The smallest absolute Gasteiger partial charge is 0.239 e. The third-order valence-electron chi connectivity index (χ3n) is 3.70. The van der Waals surface area contributed by atoms with E-state index in [4.69, 9.17) is 0 Å². The number of carbonyl (C=O) groups excluding carboxylic acids is 1. The molecule has 1 fully saturated rings. The first kappa shape index (κ1) is 19.2. The number of piperidine rings is 1. The fraction of sp³-hybridized carbons (Fsp3) is 0.467. The zero-order valence-corrected chi connectivity index (χ0v) is 14.9. The van der Waals surface area contributed by atoms with Gasteiger partial charge in [-0.1, -0.05) is 18.6 Å². The van der Waals surface area contributed by atoms with Crippen LogP contribution < -0.4 is 5.32 Å². The topological polar surface area (TPSA) is 45.2 Å². The molecule has 0 saturated carbocycles. The number of nitrogens with zero attached hydrogens (tertiary/aromatic N) is 2. The van der Waals surface area contributed by atoms with E-state index in [1.165, 1.54) is 11.1 Å². The van der Waals surface area contributed by atoms with Gasteiger partial charge in [-0.3, -0.25) is 4.79 Å². The van der Waals surface area contributed by atoms with Gasteiger partial charge in [0, 0.05) is 7.05 Å². The Hall–Kier alpha value is -0.880. The summed E-state index contributed by atoms with van der Waals surface area (Å²) in [6.45, 7) is 1.54. The van der Waals surface area contributed by atoms with Gasteiger partial charge in [-0.05, 0) is 31.5 Å². The van der Waals surface area contributed by atoms with Gasteiger partial charge in [-0.2, -0.15) is 0 Å². The zero-order chi connectivity index (χ0) is 13.9. The van der Waals surface area contributed by atoms with Crippen LogP contribution in [0.2, 0.25) is 0 Å². The number of rotatable bonds is 3. The van der Waals surface area contributed by atoms with Gasteiger partial charge in [-0.25, -0.2) is 4.98 Å². The summed E-state index contributed by atoms with van der Waals surface area (Å²) in [5.41, 5.74) is 1.02. The molecule has 1 amide bonds. The van der Waals surface area contributed by atoms with Crippen molar-refractivity contribution in [3.05, 3.63) is 29.3 Å². The molecule has 0 radical (unpaired) electrons. The minimum Gasteiger partial charge on any atom is -0.338 e. The van der Waals surface area contributed by atoms with Crippen LogP contribution in [-0.2, 0) is 11.3 Å². The van der Waals surface area contributed by atoms with Gasteiger partial charge in [0.2, 0.25) is 5.91 Å². The number of nitrogens with one attached hydrogen (secondary N) is 1. The van der Waals surface area contributed by atoms with E-state index in [0.29, 0.717) is 6.54 Å². The van der Waals surface area contributed by atoms with Crippen molar-refractivity contribution >= 4 is 52.3 Å². The lowest BCUT2D eigenvalue weighted by Gasteiger charge is -2.26. The third-order valence-corrected chi connectivity index (χ3v) is 4.72. The van der Waals surface area contributed by atoms with Crippen LogP contribution in [0.25, 0.3) is 10.2 Å². The Labute approximate surface area is 147 Å². The Balaban J connectivity index is 0.00000121. The van der Waals surface area contributed by atoms with Crippen molar-refractivity contribution in [1.29, 1.82) is 0 Å². The molecule has 1 aliphatic heterocycles. The number of halogens is 2. The molecule has 0 bridgehead atoms. The lowest BCUT2D eigenvalue weighted by Crippen LogP contribution is -2.46. The van der Waals surface area contributed by atoms with Gasteiger partial charge in [0.05, 0.1) is 22.8 Å². The van der Waals surface area contributed by atoms with E-state index < -0.39 is 0 Å². The Morgan fingerprint density at radius 1 is 1.36 bits per heavy atom. The molecular formula is C15H21Cl2N3OS. The van der Waals surface area contributed by atoms with Crippen LogP contribution in [0.3, 0.4) is 0 Å². The summed E-state index contributed by atoms with van der Waals surface area (Å²) in [6, 6.07) is 8.08. The average molecular weight is 362 g/mol. The van der Waals surface area contributed by atoms with Gasteiger partial charge in [0.25, 0.3) is 0 Å². The quantitative estimate of drug-likeness (QED) is 0.912. The Morgan fingerprint density at radius 2 is 2.14 bits per heavy atom. The van der Waals surface area contributed by atoms with E-state index in [2.05, 4.69) is 16.4 Å². The molecular weight excluding hydrogens is 341 g/mol. The van der Waals surface area contributed by atoms with Crippen LogP contribution in [0.1, 0.15) is 24.3 Å². The molecule has 22 heavy (non-hydrogen) atoms. The summed E-state index contributed by atoms with van der Waals surface area (Å²) in [4.78, 5) is 18.7. The van der Waals surface area contributed by atoms with Gasteiger partial charge in [0.15, 0.2) is 0 Å². The third kappa shape index (κ3) is 4.32. The van der Waals surface area contributed by atoms with E-state index in [1.54, 1.807) is 16.2 Å². The number of amides is 1. The maximum absolute atomic E-state index is 12.4. The normalized spacial score (nSPS) is 17.4. The summed E-state index contributed by atoms with van der Waals surface area (Å²) in [5, 5.41) is 4.30. The van der Waals surface area contributed by atoms with Crippen LogP contribution in [-0.4, -0.2) is 35.4 Å². The number of aromatic nitrogens is 1. The molecule has 2 aromatic rings. The lowest BCUT2D eigenvalue weighted by molar-refractivity contribution is -0.133. The predicted octanol–water partition coefficient (Wildman–Crippen LogP) is 3.24. The van der Waals surface area contributed by atoms with Crippen molar-refractivity contribution in [2.24, 2.45) is 0 Å². The van der Waals surface area contributed by atoms with Crippen molar-refractivity contribution in [1.82, 2.24) is 15.2 Å². The van der Waals surface area contributed by atoms with Gasteiger partial charge in [0.1, 0.15) is 5.01 Å². The fourth-order valence-corrected chi connectivity index (χ4v) is 3.62. The SMILES string of the molecule is CN(Cc1nc2ccccc2s1)C(=O)[C@H]1CCCCN1.Cl.Cl. The van der Waals surface area contributed by atoms with Crippen molar-refractivity contribution in [2.45, 2.75) is 31.8 Å². The number of para-hydroxylation sites is 1. The Kier molecular flexibility index (Phi) is 7.56. The summed E-state index contributed by atoms with van der Waals surface area (Å²) in [7, 11) is 1.87. The molecule has 3 rings (SSSR count). The number of thiazole rings is 1. The molecule has 122 valence electrons. The van der Waals surface area contributed by atoms with Crippen molar-refractivity contribution < 1.29 is 4.79 Å². The highest BCUT2D eigenvalue weighted by Gasteiger charge is 2.24. The molecule has 1 atom stereocenters. The molecule has 1 N–H and O–H groups in total. The highest BCUT2D eigenvalue weighted by atomic mass is 35.5. The van der Waals surface area contributed by atoms with Crippen molar-refractivity contribution in [3.63, 3.8) is 0 Å². The van der Waals surface area contributed by atoms with Gasteiger partial charge in [-0.15, -0.1) is 36.2 Å². The standard InChI is InChI=1S/C15H19N3OS.2ClH/c1-18(15(19)12-7-4-5-9-16-12)10-14-17-11-6-2-3-8-13(11)20-14;;/h2-3,6,8,12,16H,4-5,7,9-10H2,1H3;2*1H/t12-;;/m1../s1. The second-order valence-electron chi connectivity index (χ2n) is 5.27. The van der Waals surface area contributed by atoms with E-state index >= 15 is 0 Å². The second kappa shape index (κ2) is 8.67. The highest BCUT2D eigenvalue weighted by Crippen LogP contribution is 2.22. The highest BCUT2D eigenvalue weighted by molar-refractivity contribution is 7.18. The molecule has 2 heterocycles. The van der Waals surface area contributed by atoms with E-state index in [1.807, 2.05) is 25.2 Å². The Morgan fingerprint density at radius 3 is 2.82 bits per heavy atom. The second-order valence-corrected chi connectivity index (χ2v) is 6.39. The maximum Gasteiger partial charge on any atom is 0.239 e. The van der Waals surface area contributed by atoms with E-state index in [9.17, 15) is 4.79 Å². The molecule has 1 aromatic carbocycles. The average Bonchev–Trinajstić information content (AvgIpc) is 2.89. The van der Waals surface area contributed by atoms with Crippen LogP contribution in [0.4, 0.5) is 0 Å². The van der Waals surface area contributed by atoms with Crippen molar-refractivity contribution in [2.75, 3.05) is 13.6 Å². The Bertz CT molecular complexity index is 581. The van der Waals surface area contributed by atoms with Crippen LogP contribution >= 0.6 is 36.2 Å². The number of likely N-dealkylation sites (N-methyl/N-ethyl adjacent to an activating group) is 1. The monoisotopic (exact) mass is 361 g/mol. The molecule has 1 saturated heterocycles. The molecule has 7 heteroatoms. The molecule has 4 nitrogen and oxygen atoms in total. The number of hydrogen-bond acceptors (Lipinski definition) is 4. The molecule has 0 aliphatic carbocycles. The summed E-state index contributed by atoms with van der Waals surface area (Å²) < 4.78 is 1.18. The minimum absolute atomic E-state index is 0. The predicted molar refractivity (Wildman–Crippen MR) is 96.2 cm³/mol. The minimum atomic E-state index is -0.0110. The molecule has 0 spiro atoms. The molecule has 1 aliphatic rings. The number of fused-ring (bicyclic) bond motifs is 1. The number of hydrogen-bond donors (Lipinski definition) is 1. The first-order valence-electron chi connectivity index (χ1n) is 7.07. The maximum atomic E-state index is 12.4. The summed E-state index contributed by atoms with van der Waals surface area (Å²) in [5.74, 6) is 0.184. The lowest BCUT2D eigenvalue weighted by atomic mass is 10.0. The van der Waals surface area contributed by atoms with Gasteiger partial charge >= 0.3 is 0 Å². The molecule has 1 aromatic heterocycles. The first-order valence-corrected chi connectivity index (χ1v) is 7.88. The van der Waals surface area contributed by atoms with E-state index in [-0.39, 0.29) is 36.8 Å². The molecule has 0 unspecified atom stereocenters. The number of carbonyl (C=O) groups is 1. The van der Waals surface area contributed by atoms with Crippen LogP contribution in [0.5, 0.6) is 0 Å². The summed E-state index contributed by atoms with van der Waals surface area (Å²) in [6.07, 6.45) is 3.26. The summed E-state index contributed by atoms with van der Waals surface area (Å²) >= 11 is 1.66.